The summed E-state index contributed by atoms with van der Waals surface area (Å²) < 4.78 is 17.4. The molecular weight excluding hydrogens is 512 g/mol. The molecule has 5 heteroatoms. The summed E-state index contributed by atoms with van der Waals surface area (Å²) in [6.45, 7) is 14.7. The monoisotopic (exact) mass is 572 g/mol. The van der Waals surface area contributed by atoms with E-state index in [0.29, 0.717) is 29.6 Å². The van der Waals surface area contributed by atoms with E-state index in [1.807, 2.05) is 0 Å². The Bertz CT molecular complexity index is 925. The van der Waals surface area contributed by atoms with Crippen LogP contribution in [0, 0.1) is 46.3 Å². The largest absolute Gasteiger partial charge is 0.469 e. The minimum atomic E-state index is -0.166. The highest BCUT2D eigenvalue weighted by Crippen LogP contribution is 2.67. The molecule has 4 rings (SSSR count). The average Bonchev–Trinajstić information content (AvgIpc) is 3.27. The fourth-order valence-corrected chi connectivity index (χ4v) is 9.98. The fourth-order valence-electron chi connectivity index (χ4n) is 9.98. The van der Waals surface area contributed by atoms with Crippen molar-refractivity contribution >= 4 is 11.9 Å². The molecule has 4 aliphatic carbocycles. The third-order valence-electron chi connectivity index (χ3n) is 12.2. The molecule has 234 valence electrons. The highest BCUT2D eigenvalue weighted by molar-refractivity contribution is 5.69. The second-order valence-electron chi connectivity index (χ2n) is 15.1. The predicted molar refractivity (Wildman–Crippen MR) is 164 cm³/mol. The number of rotatable bonds is 13. The van der Waals surface area contributed by atoms with Crippen LogP contribution >= 0.6 is 0 Å². The van der Waals surface area contributed by atoms with Gasteiger partial charge in [0, 0.05) is 26.4 Å². The van der Waals surface area contributed by atoms with Crippen molar-refractivity contribution in [3.05, 3.63) is 11.6 Å². The molecule has 0 aromatic rings. The Balaban J connectivity index is 1.52. The summed E-state index contributed by atoms with van der Waals surface area (Å²) in [4.78, 5) is 23.3. The molecule has 0 aromatic carbocycles. The van der Waals surface area contributed by atoms with Gasteiger partial charge < -0.3 is 14.2 Å². The van der Waals surface area contributed by atoms with Gasteiger partial charge >= 0.3 is 11.9 Å². The van der Waals surface area contributed by atoms with Crippen molar-refractivity contribution in [1.82, 2.24) is 0 Å². The van der Waals surface area contributed by atoms with Crippen LogP contribution in [0.5, 0.6) is 0 Å². The molecule has 4 aliphatic rings. The minimum Gasteiger partial charge on any atom is -0.469 e. The van der Waals surface area contributed by atoms with E-state index in [1.54, 1.807) is 0 Å². The molecule has 3 fully saturated rings. The number of carbonyl (C=O) groups excluding carboxylic acids is 2. The molecular formula is C36H60O5. The Hall–Kier alpha value is -1.36. The maximum absolute atomic E-state index is 11.8. The molecule has 0 saturated heterocycles. The minimum absolute atomic E-state index is 0.00115. The van der Waals surface area contributed by atoms with Crippen molar-refractivity contribution in [1.29, 1.82) is 0 Å². The fraction of sp³-hybridized carbons (Fsp3) is 0.889. The zero-order valence-corrected chi connectivity index (χ0v) is 27.3. The maximum Gasteiger partial charge on any atom is 0.305 e. The Morgan fingerprint density at radius 3 is 2.44 bits per heavy atom. The van der Waals surface area contributed by atoms with Crippen LogP contribution in [-0.2, 0) is 23.8 Å². The quantitative estimate of drug-likeness (QED) is 0.125. The first-order valence-electron chi connectivity index (χ1n) is 17.1. The lowest BCUT2D eigenvalue weighted by Gasteiger charge is -2.60. The average molecular weight is 573 g/mol. The molecule has 5 nitrogen and oxygen atoms in total. The standard InChI is InChI=1S/C36H60O5/c1-24(2)12-11-13-25(3)29-15-16-30-34-31(18-20-36(29,30)6)35(5)19-17-28(41-26(4)37)22-27(35)23-32(34)40-21-10-8-9-14-33(38)39-7/h23-25,28-32,34H,8-22H2,1-7H3/t25-,28+,29-,30+,31+,32-,34+,35+,36-/m1/s1. The highest BCUT2D eigenvalue weighted by atomic mass is 16.5. The molecule has 9 atom stereocenters. The number of carbonyl (C=O) groups is 2. The summed E-state index contributed by atoms with van der Waals surface area (Å²) in [5.41, 5.74) is 2.06. The zero-order valence-electron chi connectivity index (χ0n) is 27.3. The van der Waals surface area contributed by atoms with Gasteiger partial charge in [-0.2, -0.15) is 0 Å². The van der Waals surface area contributed by atoms with Crippen LogP contribution in [0.15, 0.2) is 11.6 Å². The molecule has 0 heterocycles. The van der Waals surface area contributed by atoms with Gasteiger partial charge in [0.25, 0.3) is 0 Å². The van der Waals surface area contributed by atoms with Gasteiger partial charge in [0.1, 0.15) is 6.10 Å². The first-order valence-corrected chi connectivity index (χ1v) is 17.1. The topological polar surface area (TPSA) is 61.8 Å². The Kier molecular flexibility index (Phi) is 11.1. The van der Waals surface area contributed by atoms with Gasteiger partial charge in [-0.3, -0.25) is 9.59 Å². The van der Waals surface area contributed by atoms with E-state index in [1.165, 1.54) is 64.6 Å². The summed E-state index contributed by atoms with van der Waals surface area (Å²) >= 11 is 0. The van der Waals surface area contributed by atoms with Crippen LogP contribution in [-0.4, -0.2) is 37.9 Å². The summed E-state index contributed by atoms with van der Waals surface area (Å²) in [6, 6.07) is 0. The van der Waals surface area contributed by atoms with Crippen molar-refractivity contribution in [3.63, 3.8) is 0 Å². The van der Waals surface area contributed by atoms with Gasteiger partial charge in [-0.05, 0) is 97.7 Å². The van der Waals surface area contributed by atoms with E-state index < -0.39 is 0 Å². The Morgan fingerprint density at radius 1 is 0.951 bits per heavy atom. The number of fused-ring (bicyclic) bond motifs is 5. The second kappa shape index (κ2) is 14.0. The van der Waals surface area contributed by atoms with E-state index in [9.17, 15) is 9.59 Å². The first-order chi connectivity index (χ1) is 19.5. The van der Waals surface area contributed by atoms with Crippen LogP contribution in [0.25, 0.3) is 0 Å². The number of hydrogen-bond donors (Lipinski definition) is 0. The third kappa shape index (κ3) is 7.24. The summed E-state index contributed by atoms with van der Waals surface area (Å²) in [5, 5.41) is 0. The van der Waals surface area contributed by atoms with E-state index in [2.05, 4.69) is 40.7 Å². The molecule has 3 saturated carbocycles. The van der Waals surface area contributed by atoms with Gasteiger partial charge in [-0.15, -0.1) is 0 Å². The number of methoxy groups -OCH3 is 1. The SMILES string of the molecule is COC(=O)CCCCCO[C@@H]1C=C2C[C@@H](OC(C)=O)CC[C@]2(C)[C@H]2CC[C@]3(C)[C@@H]([C@H](C)CCCC(C)C)CC[C@H]3[C@H]12. The van der Waals surface area contributed by atoms with Crippen molar-refractivity contribution in [2.45, 2.75) is 144 Å². The molecule has 41 heavy (non-hydrogen) atoms. The highest BCUT2D eigenvalue weighted by Gasteiger charge is 2.61. The molecule has 0 N–H and O–H groups in total. The van der Waals surface area contributed by atoms with Gasteiger partial charge in [-0.1, -0.05) is 72.0 Å². The van der Waals surface area contributed by atoms with Crippen LogP contribution in [0.2, 0.25) is 0 Å². The Labute approximate surface area is 250 Å². The number of ether oxygens (including phenoxy) is 3. The van der Waals surface area contributed by atoms with Gasteiger partial charge in [0.15, 0.2) is 0 Å². The molecule has 0 radical (unpaired) electrons. The van der Waals surface area contributed by atoms with Crippen molar-refractivity contribution < 1.29 is 23.8 Å². The van der Waals surface area contributed by atoms with Crippen molar-refractivity contribution in [3.8, 4) is 0 Å². The molecule has 0 unspecified atom stereocenters. The van der Waals surface area contributed by atoms with E-state index >= 15 is 0 Å². The van der Waals surface area contributed by atoms with Crippen LogP contribution in [0.1, 0.15) is 131 Å². The van der Waals surface area contributed by atoms with Gasteiger partial charge in [0.05, 0.1) is 13.2 Å². The molecule has 0 aliphatic heterocycles. The summed E-state index contributed by atoms with van der Waals surface area (Å²) in [5.74, 6) is 4.03. The van der Waals surface area contributed by atoms with Gasteiger partial charge in [-0.25, -0.2) is 0 Å². The lowest BCUT2D eigenvalue weighted by atomic mass is 9.46. The molecule has 0 aromatic heterocycles. The van der Waals surface area contributed by atoms with Crippen molar-refractivity contribution in [2.24, 2.45) is 46.3 Å². The van der Waals surface area contributed by atoms with Crippen LogP contribution in [0.4, 0.5) is 0 Å². The Morgan fingerprint density at radius 2 is 1.73 bits per heavy atom. The number of unbranched alkanes of at least 4 members (excludes halogenated alkanes) is 2. The molecule has 0 amide bonds. The summed E-state index contributed by atoms with van der Waals surface area (Å²) in [6.07, 6.45) is 18.3. The smallest absolute Gasteiger partial charge is 0.305 e. The van der Waals surface area contributed by atoms with E-state index in [0.717, 1.165) is 62.9 Å². The second-order valence-corrected chi connectivity index (χ2v) is 15.1. The lowest BCUT2D eigenvalue weighted by molar-refractivity contribution is -0.150. The first kappa shape index (κ1) is 32.6. The zero-order chi connectivity index (χ0) is 29.8. The van der Waals surface area contributed by atoms with E-state index in [-0.39, 0.29) is 29.6 Å². The molecule has 0 spiro atoms. The number of esters is 2. The van der Waals surface area contributed by atoms with Crippen LogP contribution in [0.3, 0.4) is 0 Å². The number of hydrogen-bond acceptors (Lipinski definition) is 5. The third-order valence-corrected chi connectivity index (χ3v) is 12.2. The molecule has 0 bridgehead atoms. The summed E-state index contributed by atoms with van der Waals surface area (Å²) in [7, 11) is 1.46. The van der Waals surface area contributed by atoms with Gasteiger partial charge in [0.2, 0.25) is 0 Å². The normalized spacial score (nSPS) is 37.0. The maximum atomic E-state index is 11.8. The lowest BCUT2D eigenvalue weighted by Crippen LogP contribution is -2.55. The van der Waals surface area contributed by atoms with Crippen LogP contribution < -0.4 is 0 Å². The van der Waals surface area contributed by atoms with E-state index in [4.69, 9.17) is 14.2 Å². The predicted octanol–water partition coefficient (Wildman–Crippen LogP) is 8.69. The van der Waals surface area contributed by atoms with Crippen molar-refractivity contribution in [2.75, 3.05) is 13.7 Å².